The topological polar surface area (TPSA) is 78.5 Å². The van der Waals surface area contributed by atoms with Crippen LogP contribution in [-0.2, 0) is 14.8 Å². The van der Waals surface area contributed by atoms with Crippen LogP contribution >= 0.6 is 12.4 Å². The molecule has 1 heterocycles. The number of sulfonamides is 1. The molecule has 0 spiro atoms. The average Bonchev–Trinajstić information content (AvgIpc) is 2.36. The highest BCUT2D eigenvalue weighted by Gasteiger charge is 2.26. The maximum absolute atomic E-state index is 12.0. The molecule has 0 aliphatic carbocycles. The molecule has 124 valence electrons. The smallest absolute Gasteiger partial charge is 0.242 e. The lowest BCUT2D eigenvalue weighted by Gasteiger charge is -2.27. The van der Waals surface area contributed by atoms with Crippen LogP contribution in [0.2, 0.25) is 0 Å². The molecule has 0 aromatic heterocycles. The Bertz CT molecular complexity index is 613. The Hall–Kier alpha value is -1.15. The number of nitrogens with one attached hydrogen (secondary N) is 2. The van der Waals surface area contributed by atoms with Gasteiger partial charge in [0.2, 0.25) is 15.9 Å². The minimum absolute atomic E-state index is 0. The third kappa shape index (κ3) is 3.98. The first-order valence-electron chi connectivity index (χ1n) is 6.86. The lowest BCUT2D eigenvalue weighted by atomic mass is 10.0. The fraction of sp³-hybridized carbons (Fsp3) is 0.500. The zero-order valence-corrected chi connectivity index (χ0v) is 14.5. The summed E-state index contributed by atoms with van der Waals surface area (Å²) in [4.78, 5) is 12.1. The molecule has 1 fully saturated rings. The van der Waals surface area contributed by atoms with Crippen molar-refractivity contribution in [2.45, 2.75) is 17.9 Å². The standard InChI is InChI=1S/C14H21N3O3S.ClH/c1-10(16-14(18)12-8-15-9-12)11-4-6-13(7-5-11)21(19,20)17(2)3;/h4-7,10,12,15H,8-9H2,1-3H3,(H,16,18);1H. The number of rotatable bonds is 5. The Morgan fingerprint density at radius 2 is 1.82 bits per heavy atom. The van der Waals surface area contributed by atoms with E-state index in [1.54, 1.807) is 24.3 Å². The van der Waals surface area contributed by atoms with Gasteiger partial charge in [0.25, 0.3) is 0 Å². The van der Waals surface area contributed by atoms with Gasteiger partial charge in [0.05, 0.1) is 16.9 Å². The van der Waals surface area contributed by atoms with Gasteiger partial charge in [-0.1, -0.05) is 12.1 Å². The van der Waals surface area contributed by atoms with Gasteiger partial charge in [0, 0.05) is 27.2 Å². The van der Waals surface area contributed by atoms with Crippen LogP contribution in [0.4, 0.5) is 0 Å². The Labute approximate surface area is 137 Å². The van der Waals surface area contributed by atoms with Gasteiger partial charge in [-0.2, -0.15) is 0 Å². The van der Waals surface area contributed by atoms with E-state index >= 15 is 0 Å². The lowest BCUT2D eigenvalue weighted by Crippen LogP contribution is -2.51. The molecule has 1 aromatic carbocycles. The summed E-state index contributed by atoms with van der Waals surface area (Å²) < 4.78 is 25.1. The highest BCUT2D eigenvalue weighted by atomic mass is 35.5. The summed E-state index contributed by atoms with van der Waals surface area (Å²) >= 11 is 0. The quantitative estimate of drug-likeness (QED) is 0.824. The van der Waals surface area contributed by atoms with Crippen molar-refractivity contribution in [1.82, 2.24) is 14.9 Å². The van der Waals surface area contributed by atoms with Crippen LogP contribution in [0.15, 0.2) is 29.2 Å². The van der Waals surface area contributed by atoms with Gasteiger partial charge in [0.15, 0.2) is 0 Å². The maximum atomic E-state index is 12.0. The first kappa shape index (κ1) is 18.9. The van der Waals surface area contributed by atoms with E-state index in [2.05, 4.69) is 10.6 Å². The highest BCUT2D eigenvalue weighted by Crippen LogP contribution is 2.18. The third-order valence-corrected chi connectivity index (χ3v) is 5.50. The van der Waals surface area contributed by atoms with E-state index in [-0.39, 0.29) is 35.2 Å². The van der Waals surface area contributed by atoms with Crippen molar-refractivity contribution in [3.63, 3.8) is 0 Å². The summed E-state index contributed by atoms with van der Waals surface area (Å²) in [5, 5.41) is 6.00. The number of carbonyl (C=O) groups excluding carboxylic acids is 1. The maximum Gasteiger partial charge on any atom is 0.242 e. The van der Waals surface area contributed by atoms with E-state index in [0.29, 0.717) is 0 Å². The fourth-order valence-electron chi connectivity index (χ4n) is 2.03. The first-order chi connectivity index (χ1) is 9.82. The van der Waals surface area contributed by atoms with Crippen LogP contribution < -0.4 is 10.6 Å². The first-order valence-corrected chi connectivity index (χ1v) is 8.30. The Kier molecular flexibility index (Phi) is 6.37. The fourth-order valence-corrected chi connectivity index (χ4v) is 2.93. The summed E-state index contributed by atoms with van der Waals surface area (Å²) in [5.74, 6) is 0.0760. The van der Waals surface area contributed by atoms with Crippen molar-refractivity contribution in [2.24, 2.45) is 5.92 Å². The van der Waals surface area contributed by atoms with Gasteiger partial charge in [0.1, 0.15) is 0 Å². The van der Waals surface area contributed by atoms with Crippen LogP contribution in [0.25, 0.3) is 0 Å². The normalized spacial score (nSPS) is 16.5. The minimum Gasteiger partial charge on any atom is -0.349 e. The van der Waals surface area contributed by atoms with E-state index in [4.69, 9.17) is 0 Å². The second-order valence-corrected chi connectivity index (χ2v) is 7.59. The molecule has 2 rings (SSSR count). The predicted molar refractivity (Wildman–Crippen MR) is 87.5 cm³/mol. The summed E-state index contributed by atoms with van der Waals surface area (Å²) in [6.07, 6.45) is 0. The number of hydrogen-bond donors (Lipinski definition) is 2. The second-order valence-electron chi connectivity index (χ2n) is 5.44. The van der Waals surface area contributed by atoms with Crippen molar-refractivity contribution in [3.8, 4) is 0 Å². The van der Waals surface area contributed by atoms with Gasteiger partial charge in [-0.3, -0.25) is 4.79 Å². The average molecular weight is 348 g/mol. The molecule has 1 saturated heterocycles. The summed E-state index contributed by atoms with van der Waals surface area (Å²) in [6, 6.07) is 6.46. The number of amides is 1. The molecule has 0 radical (unpaired) electrons. The molecule has 1 atom stereocenters. The number of nitrogens with zero attached hydrogens (tertiary/aromatic N) is 1. The number of benzene rings is 1. The van der Waals surface area contributed by atoms with Crippen LogP contribution in [0, 0.1) is 5.92 Å². The predicted octanol–water partition coefficient (Wildman–Crippen LogP) is 0.755. The van der Waals surface area contributed by atoms with E-state index in [9.17, 15) is 13.2 Å². The van der Waals surface area contributed by atoms with Crippen LogP contribution in [-0.4, -0.2) is 45.8 Å². The van der Waals surface area contributed by atoms with Crippen LogP contribution in [0.3, 0.4) is 0 Å². The van der Waals surface area contributed by atoms with Crippen molar-refractivity contribution in [3.05, 3.63) is 29.8 Å². The number of hydrogen-bond acceptors (Lipinski definition) is 4. The molecular formula is C14H22ClN3O3S. The van der Waals surface area contributed by atoms with Crippen molar-refractivity contribution in [2.75, 3.05) is 27.2 Å². The summed E-state index contributed by atoms with van der Waals surface area (Å²) in [5.41, 5.74) is 0.883. The molecular weight excluding hydrogens is 326 g/mol. The van der Waals surface area contributed by atoms with E-state index in [1.165, 1.54) is 18.4 Å². The molecule has 1 aromatic rings. The second kappa shape index (κ2) is 7.41. The van der Waals surface area contributed by atoms with E-state index in [0.717, 1.165) is 18.7 Å². The Balaban J connectivity index is 0.00000242. The highest BCUT2D eigenvalue weighted by molar-refractivity contribution is 7.89. The molecule has 1 unspecified atom stereocenters. The van der Waals surface area contributed by atoms with Crippen molar-refractivity contribution in [1.29, 1.82) is 0 Å². The van der Waals surface area contributed by atoms with Gasteiger partial charge in [-0.05, 0) is 24.6 Å². The van der Waals surface area contributed by atoms with Gasteiger partial charge in [-0.25, -0.2) is 12.7 Å². The minimum atomic E-state index is -3.41. The molecule has 1 aliphatic heterocycles. The number of carbonyl (C=O) groups is 1. The molecule has 0 saturated carbocycles. The van der Waals surface area contributed by atoms with Crippen molar-refractivity contribution >= 4 is 28.3 Å². The lowest BCUT2D eigenvalue weighted by molar-refractivity contribution is -0.127. The molecule has 8 heteroatoms. The zero-order valence-electron chi connectivity index (χ0n) is 12.9. The molecule has 22 heavy (non-hydrogen) atoms. The van der Waals surface area contributed by atoms with E-state index in [1.807, 2.05) is 6.92 Å². The molecule has 0 bridgehead atoms. The van der Waals surface area contributed by atoms with Gasteiger partial charge >= 0.3 is 0 Å². The van der Waals surface area contributed by atoms with Crippen LogP contribution in [0.1, 0.15) is 18.5 Å². The molecule has 1 aliphatic rings. The molecule has 1 amide bonds. The Morgan fingerprint density at radius 1 is 1.27 bits per heavy atom. The summed E-state index contributed by atoms with van der Waals surface area (Å²) in [7, 11) is -0.415. The summed E-state index contributed by atoms with van der Waals surface area (Å²) in [6.45, 7) is 3.33. The molecule has 6 nitrogen and oxygen atoms in total. The van der Waals surface area contributed by atoms with Gasteiger partial charge < -0.3 is 10.6 Å². The zero-order chi connectivity index (χ0) is 15.6. The Morgan fingerprint density at radius 3 is 2.23 bits per heavy atom. The SMILES string of the molecule is CC(NC(=O)C1CNC1)c1ccc(S(=O)(=O)N(C)C)cc1.Cl. The largest absolute Gasteiger partial charge is 0.349 e. The van der Waals surface area contributed by atoms with Crippen molar-refractivity contribution < 1.29 is 13.2 Å². The van der Waals surface area contributed by atoms with Gasteiger partial charge in [-0.15, -0.1) is 12.4 Å². The van der Waals surface area contributed by atoms with E-state index < -0.39 is 10.0 Å². The number of halogens is 1. The third-order valence-electron chi connectivity index (χ3n) is 3.67. The van der Waals surface area contributed by atoms with Crippen LogP contribution in [0.5, 0.6) is 0 Å². The molecule has 2 N–H and O–H groups in total. The monoisotopic (exact) mass is 347 g/mol.